The summed E-state index contributed by atoms with van der Waals surface area (Å²) >= 11 is 0. The lowest BCUT2D eigenvalue weighted by atomic mass is 9.83. The number of hydrogen-bond acceptors (Lipinski definition) is 3. The van der Waals surface area contributed by atoms with Gasteiger partial charge >= 0.3 is 17.9 Å². The highest BCUT2D eigenvalue weighted by Crippen LogP contribution is 2.26. The molecule has 84 valence electrons. The van der Waals surface area contributed by atoms with Crippen LogP contribution in [0, 0.1) is 5.41 Å². The molecule has 0 saturated heterocycles. The van der Waals surface area contributed by atoms with E-state index in [-0.39, 0.29) is 6.42 Å². The molecule has 15 heavy (non-hydrogen) atoms. The van der Waals surface area contributed by atoms with Gasteiger partial charge in [0.25, 0.3) is 5.41 Å². The van der Waals surface area contributed by atoms with Crippen molar-refractivity contribution in [2.75, 3.05) is 0 Å². The largest absolute Gasteiger partial charge is 0.480 e. The van der Waals surface area contributed by atoms with Gasteiger partial charge < -0.3 is 15.3 Å². The van der Waals surface area contributed by atoms with Crippen LogP contribution < -0.4 is 0 Å². The van der Waals surface area contributed by atoms with E-state index in [0.29, 0.717) is 6.42 Å². The quantitative estimate of drug-likeness (QED) is 0.326. The molecule has 3 N–H and O–H groups in total. The number of carboxylic acids is 3. The van der Waals surface area contributed by atoms with E-state index in [4.69, 9.17) is 15.3 Å². The molecule has 0 saturated carbocycles. The molecule has 0 aromatic rings. The van der Waals surface area contributed by atoms with Crippen LogP contribution in [0.25, 0.3) is 0 Å². The number of unbranched alkanes of at least 4 members (excludes halogenated alkanes) is 1. The number of hydrogen-bond donors (Lipinski definition) is 3. The van der Waals surface area contributed by atoms with Gasteiger partial charge in [-0.1, -0.05) is 6.08 Å². The van der Waals surface area contributed by atoms with Gasteiger partial charge in [0.1, 0.15) is 0 Å². The van der Waals surface area contributed by atoms with Crippen LogP contribution in [-0.4, -0.2) is 33.2 Å². The van der Waals surface area contributed by atoms with E-state index in [1.807, 2.05) is 0 Å². The number of rotatable bonds is 7. The van der Waals surface area contributed by atoms with Crippen molar-refractivity contribution in [1.29, 1.82) is 0 Å². The summed E-state index contributed by atoms with van der Waals surface area (Å²) in [7, 11) is 0. The molecule has 0 fully saturated rings. The van der Waals surface area contributed by atoms with Crippen LogP contribution in [0.1, 0.15) is 19.3 Å². The summed E-state index contributed by atoms with van der Waals surface area (Å²) in [6.07, 6.45) is 1.53. The summed E-state index contributed by atoms with van der Waals surface area (Å²) in [6.45, 7) is 3.37. The van der Waals surface area contributed by atoms with E-state index in [1.165, 1.54) is 6.08 Å². The third kappa shape index (κ3) is 2.55. The molecular formula is C9H12O6. The van der Waals surface area contributed by atoms with Gasteiger partial charge in [-0.2, -0.15) is 0 Å². The molecule has 0 amide bonds. The van der Waals surface area contributed by atoms with Crippen LogP contribution >= 0.6 is 0 Å². The Hall–Kier alpha value is -1.85. The fraction of sp³-hybridized carbons (Fsp3) is 0.444. The number of allylic oxidation sites excluding steroid dienone is 1. The molecule has 0 aliphatic rings. The lowest BCUT2D eigenvalue weighted by Gasteiger charge is -2.19. The van der Waals surface area contributed by atoms with Crippen LogP contribution in [-0.2, 0) is 14.4 Å². The molecular weight excluding hydrogens is 204 g/mol. The molecule has 0 unspecified atom stereocenters. The standard InChI is InChI=1S/C9H12O6/c1-2-3-4-5-9(6(10)11,7(12)13)8(14)15/h2H,1,3-5H2,(H,10,11)(H,12,13)(H,14,15). The van der Waals surface area contributed by atoms with Crippen molar-refractivity contribution in [2.24, 2.45) is 5.41 Å². The molecule has 0 bridgehead atoms. The third-order valence-electron chi connectivity index (χ3n) is 2.06. The van der Waals surface area contributed by atoms with E-state index in [2.05, 4.69) is 6.58 Å². The summed E-state index contributed by atoms with van der Waals surface area (Å²) in [5, 5.41) is 26.0. The van der Waals surface area contributed by atoms with E-state index in [1.54, 1.807) is 0 Å². The first kappa shape index (κ1) is 13.2. The maximum absolute atomic E-state index is 10.7. The maximum atomic E-state index is 10.7. The zero-order valence-corrected chi connectivity index (χ0v) is 7.97. The number of carbonyl (C=O) groups is 3. The van der Waals surface area contributed by atoms with Gasteiger partial charge in [-0.3, -0.25) is 14.4 Å². The lowest BCUT2D eigenvalue weighted by molar-refractivity contribution is -0.176. The van der Waals surface area contributed by atoms with Crippen molar-refractivity contribution in [3.8, 4) is 0 Å². The first-order chi connectivity index (χ1) is 6.89. The first-order valence-electron chi connectivity index (χ1n) is 4.20. The molecule has 0 radical (unpaired) electrons. The second kappa shape index (κ2) is 5.14. The minimum absolute atomic E-state index is 0.147. The van der Waals surface area contributed by atoms with E-state index in [9.17, 15) is 14.4 Å². The van der Waals surface area contributed by atoms with Crippen molar-refractivity contribution in [2.45, 2.75) is 19.3 Å². The Morgan fingerprint density at radius 2 is 1.47 bits per heavy atom. The van der Waals surface area contributed by atoms with Gasteiger partial charge in [-0.15, -0.1) is 6.58 Å². The van der Waals surface area contributed by atoms with E-state index < -0.39 is 29.7 Å². The van der Waals surface area contributed by atoms with Crippen molar-refractivity contribution < 1.29 is 29.7 Å². The molecule has 6 heteroatoms. The van der Waals surface area contributed by atoms with Crippen molar-refractivity contribution in [1.82, 2.24) is 0 Å². The molecule has 0 spiro atoms. The molecule has 6 nitrogen and oxygen atoms in total. The lowest BCUT2D eigenvalue weighted by Crippen LogP contribution is -2.46. The van der Waals surface area contributed by atoms with Crippen LogP contribution in [0.5, 0.6) is 0 Å². The Morgan fingerprint density at radius 1 is 1.07 bits per heavy atom. The average molecular weight is 216 g/mol. The Labute approximate surface area is 85.8 Å². The molecule has 0 atom stereocenters. The predicted molar refractivity (Wildman–Crippen MR) is 49.4 cm³/mol. The monoisotopic (exact) mass is 216 g/mol. The van der Waals surface area contributed by atoms with E-state index in [0.717, 1.165) is 0 Å². The molecule has 0 rings (SSSR count). The van der Waals surface area contributed by atoms with E-state index >= 15 is 0 Å². The van der Waals surface area contributed by atoms with Crippen LogP contribution in [0.2, 0.25) is 0 Å². The highest BCUT2D eigenvalue weighted by Gasteiger charge is 2.53. The van der Waals surface area contributed by atoms with Crippen molar-refractivity contribution in [3.63, 3.8) is 0 Å². The van der Waals surface area contributed by atoms with Gasteiger partial charge in [-0.25, -0.2) is 0 Å². The smallest absolute Gasteiger partial charge is 0.332 e. The maximum Gasteiger partial charge on any atom is 0.332 e. The van der Waals surface area contributed by atoms with Crippen LogP contribution in [0.15, 0.2) is 12.7 Å². The molecule has 0 aliphatic heterocycles. The number of carboxylic acid groups (broad SMARTS) is 3. The summed E-state index contributed by atoms with van der Waals surface area (Å²) in [6, 6.07) is 0. The predicted octanol–water partition coefficient (Wildman–Crippen LogP) is 0.583. The summed E-state index contributed by atoms with van der Waals surface area (Å²) < 4.78 is 0. The van der Waals surface area contributed by atoms with Crippen molar-refractivity contribution in [3.05, 3.63) is 12.7 Å². The first-order valence-corrected chi connectivity index (χ1v) is 4.20. The highest BCUT2D eigenvalue weighted by atomic mass is 16.4. The van der Waals surface area contributed by atoms with Gasteiger partial charge in [0, 0.05) is 0 Å². The van der Waals surface area contributed by atoms with Crippen LogP contribution in [0.4, 0.5) is 0 Å². The second-order valence-corrected chi connectivity index (χ2v) is 3.00. The minimum atomic E-state index is -2.75. The minimum Gasteiger partial charge on any atom is -0.480 e. The summed E-state index contributed by atoms with van der Waals surface area (Å²) in [4.78, 5) is 32.1. The summed E-state index contributed by atoms with van der Waals surface area (Å²) in [5.74, 6) is -5.57. The molecule has 0 aromatic carbocycles. The fourth-order valence-electron chi connectivity index (χ4n) is 1.11. The second-order valence-electron chi connectivity index (χ2n) is 3.00. The van der Waals surface area contributed by atoms with Gasteiger partial charge in [0.15, 0.2) is 0 Å². The van der Waals surface area contributed by atoms with Gasteiger partial charge in [0.05, 0.1) is 0 Å². The third-order valence-corrected chi connectivity index (χ3v) is 2.06. The van der Waals surface area contributed by atoms with Gasteiger partial charge in [0.2, 0.25) is 0 Å². The topological polar surface area (TPSA) is 112 Å². The zero-order valence-electron chi connectivity index (χ0n) is 7.97. The van der Waals surface area contributed by atoms with Gasteiger partial charge in [-0.05, 0) is 19.3 Å². The fourth-order valence-corrected chi connectivity index (χ4v) is 1.11. The Balaban J connectivity index is 4.97. The molecule has 0 aromatic heterocycles. The normalized spacial score (nSPS) is 10.7. The Bertz CT molecular complexity index is 257. The molecule has 0 aliphatic carbocycles. The SMILES string of the molecule is C=CCCCC(C(=O)O)(C(=O)O)C(=O)O. The zero-order chi connectivity index (χ0) is 12.1. The number of aliphatic carboxylic acids is 3. The van der Waals surface area contributed by atoms with Crippen molar-refractivity contribution >= 4 is 17.9 Å². The summed E-state index contributed by atoms with van der Waals surface area (Å²) in [5.41, 5.74) is -2.75. The average Bonchev–Trinajstić information content (AvgIpc) is 2.10. The van der Waals surface area contributed by atoms with Crippen LogP contribution in [0.3, 0.4) is 0 Å². The molecule has 0 heterocycles. The Kier molecular flexibility index (Phi) is 4.50. The Morgan fingerprint density at radius 3 is 1.73 bits per heavy atom. The highest BCUT2D eigenvalue weighted by molar-refractivity contribution is 6.16.